The van der Waals surface area contributed by atoms with Gasteiger partial charge in [-0.2, -0.15) is 4.39 Å². The highest BCUT2D eigenvalue weighted by Crippen LogP contribution is 2.25. The highest BCUT2D eigenvalue weighted by molar-refractivity contribution is 5.97. The van der Waals surface area contributed by atoms with Crippen molar-refractivity contribution in [3.05, 3.63) is 64.0 Å². The summed E-state index contributed by atoms with van der Waals surface area (Å²) in [5.74, 6) is -1.51. The zero-order valence-corrected chi connectivity index (χ0v) is 16.4. The van der Waals surface area contributed by atoms with Gasteiger partial charge in [0.25, 0.3) is 5.91 Å². The molecule has 0 heterocycles. The minimum atomic E-state index is -1.21. The topological polar surface area (TPSA) is 117 Å². The molecule has 0 radical (unpaired) electrons. The summed E-state index contributed by atoms with van der Waals surface area (Å²) in [5, 5.41) is 13.1. The van der Waals surface area contributed by atoms with Crippen LogP contribution in [-0.2, 0) is 14.3 Å². The third kappa shape index (κ3) is 5.77. The molecule has 0 aliphatic carbocycles. The van der Waals surface area contributed by atoms with Crippen LogP contribution in [0.1, 0.15) is 12.5 Å². The van der Waals surface area contributed by atoms with Crippen LogP contribution in [0.15, 0.2) is 42.5 Å². The Morgan fingerprint density at radius 2 is 1.90 bits per heavy atom. The normalized spacial score (nSPS) is 11.6. The molecule has 2 aromatic carbocycles. The lowest BCUT2D eigenvalue weighted by molar-refractivity contribution is -0.387. The monoisotopic (exact) mass is 418 g/mol. The number of amides is 1. The number of anilines is 1. The average Bonchev–Trinajstić information content (AvgIpc) is 2.72. The fourth-order valence-corrected chi connectivity index (χ4v) is 2.37. The number of hydrogen-bond donors (Lipinski definition) is 1. The first-order valence-electron chi connectivity index (χ1n) is 8.60. The summed E-state index contributed by atoms with van der Waals surface area (Å²) >= 11 is 0. The van der Waals surface area contributed by atoms with Crippen molar-refractivity contribution in [2.45, 2.75) is 13.0 Å². The molecule has 0 spiro atoms. The molecule has 0 aromatic heterocycles. The van der Waals surface area contributed by atoms with Gasteiger partial charge in [0.15, 0.2) is 6.10 Å². The van der Waals surface area contributed by atoms with Gasteiger partial charge in [-0.15, -0.1) is 0 Å². The van der Waals surface area contributed by atoms with Gasteiger partial charge in [0.05, 0.1) is 19.1 Å². The summed E-state index contributed by atoms with van der Waals surface area (Å²) in [4.78, 5) is 34.0. The Morgan fingerprint density at radius 1 is 1.17 bits per heavy atom. The van der Waals surface area contributed by atoms with Crippen LogP contribution in [0.4, 0.5) is 15.8 Å². The van der Waals surface area contributed by atoms with Gasteiger partial charge in [-0.3, -0.25) is 14.9 Å². The summed E-state index contributed by atoms with van der Waals surface area (Å²) in [7, 11) is 2.98. The summed E-state index contributed by atoms with van der Waals surface area (Å²) in [6, 6.07) is 7.90. The molecule has 0 unspecified atom stereocenters. The lowest BCUT2D eigenvalue weighted by atomic mass is 10.1. The number of nitrogens with one attached hydrogen (secondary N) is 1. The highest BCUT2D eigenvalue weighted by atomic mass is 19.1. The number of nitro benzene ring substituents is 1. The Bertz CT molecular complexity index is 991. The van der Waals surface area contributed by atoms with Crippen molar-refractivity contribution in [3.8, 4) is 11.5 Å². The molecule has 9 nitrogen and oxygen atoms in total. The minimum Gasteiger partial charge on any atom is -0.497 e. The summed E-state index contributed by atoms with van der Waals surface area (Å²) in [5.41, 5.74) is -0.232. The Balaban J connectivity index is 2.02. The van der Waals surface area contributed by atoms with Gasteiger partial charge in [-0.05, 0) is 43.3 Å². The van der Waals surface area contributed by atoms with Crippen LogP contribution in [0, 0.1) is 15.9 Å². The van der Waals surface area contributed by atoms with Crippen molar-refractivity contribution in [1.29, 1.82) is 0 Å². The third-order valence-electron chi connectivity index (χ3n) is 3.91. The maximum absolute atomic E-state index is 13.4. The molecular formula is C20H19FN2O7. The van der Waals surface area contributed by atoms with E-state index in [4.69, 9.17) is 14.2 Å². The number of halogens is 1. The molecule has 0 aliphatic rings. The zero-order valence-electron chi connectivity index (χ0n) is 16.4. The molecule has 0 saturated heterocycles. The van der Waals surface area contributed by atoms with Crippen LogP contribution in [0.25, 0.3) is 6.08 Å². The summed E-state index contributed by atoms with van der Waals surface area (Å²) < 4.78 is 28.7. The van der Waals surface area contributed by atoms with Crippen LogP contribution < -0.4 is 14.8 Å². The van der Waals surface area contributed by atoms with Crippen molar-refractivity contribution in [2.24, 2.45) is 0 Å². The molecule has 158 valence electrons. The summed E-state index contributed by atoms with van der Waals surface area (Å²) in [6.45, 7) is 1.32. The van der Waals surface area contributed by atoms with Crippen molar-refractivity contribution in [1.82, 2.24) is 0 Å². The van der Waals surface area contributed by atoms with Gasteiger partial charge >= 0.3 is 11.7 Å². The molecule has 2 rings (SSSR count). The van der Waals surface area contributed by atoms with Gasteiger partial charge in [0.2, 0.25) is 5.82 Å². The zero-order chi connectivity index (χ0) is 22.3. The molecular weight excluding hydrogens is 399 g/mol. The quantitative estimate of drug-likeness (QED) is 0.302. The number of hydrogen-bond acceptors (Lipinski definition) is 7. The van der Waals surface area contributed by atoms with E-state index in [1.165, 1.54) is 27.2 Å². The first-order valence-corrected chi connectivity index (χ1v) is 8.60. The molecule has 10 heteroatoms. The van der Waals surface area contributed by atoms with Gasteiger partial charge < -0.3 is 19.5 Å². The Morgan fingerprint density at radius 3 is 2.53 bits per heavy atom. The standard InChI is InChI=1S/C20H19FN2O7/c1-12(20(25)22-14-5-7-16(21)17(11-14)23(26)27)30-19(24)9-4-13-10-15(28-2)6-8-18(13)29-3/h4-12H,1-3H3,(H,22,25)/b9-4+/t12-/m1/s1. The molecule has 0 fully saturated rings. The second kappa shape index (κ2) is 10.0. The van der Waals surface area contributed by atoms with Crippen LogP contribution >= 0.6 is 0 Å². The Kier molecular flexibility index (Phi) is 7.45. The number of benzene rings is 2. The van der Waals surface area contributed by atoms with Crippen molar-refractivity contribution in [3.63, 3.8) is 0 Å². The van der Waals surface area contributed by atoms with Crippen LogP contribution in [0.5, 0.6) is 11.5 Å². The van der Waals surface area contributed by atoms with Gasteiger partial charge in [-0.25, -0.2) is 4.79 Å². The second-order valence-electron chi connectivity index (χ2n) is 5.93. The predicted octanol–water partition coefficient (Wildman–Crippen LogP) is 3.33. The highest BCUT2D eigenvalue weighted by Gasteiger charge is 2.19. The fourth-order valence-electron chi connectivity index (χ4n) is 2.37. The van der Waals surface area contributed by atoms with Gasteiger partial charge in [0, 0.05) is 23.4 Å². The van der Waals surface area contributed by atoms with E-state index in [1.54, 1.807) is 18.2 Å². The lowest BCUT2D eigenvalue weighted by Gasteiger charge is -2.12. The van der Waals surface area contributed by atoms with E-state index in [1.807, 2.05) is 0 Å². The van der Waals surface area contributed by atoms with E-state index < -0.39 is 34.4 Å². The average molecular weight is 418 g/mol. The lowest BCUT2D eigenvalue weighted by Crippen LogP contribution is -2.29. The van der Waals surface area contributed by atoms with Crippen LogP contribution in [-0.4, -0.2) is 37.1 Å². The number of esters is 1. The first-order chi connectivity index (χ1) is 14.2. The molecule has 0 aliphatic heterocycles. The first kappa shape index (κ1) is 22.3. The fraction of sp³-hybridized carbons (Fsp3) is 0.200. The number of carbonyl (C=O) groups is 2. The van der Waals surface area contributed by atoms with E-state index in [2.05, 4.69) is 5.32 Å². The predicted molar refractivity (Wildman–Crippen MR) is 106 cm³/mol. The van der Waals surface area contributed by atoms with E-state index in [0.29, 0.717) is 17.1 Å². The summed E-state index contributed by atoms with van der Waals surface area (Å²) in [6.07, 6.45) is 1.35. The van der Waals surface area contributed by atoms with E-state index >= 15 is 0 Å². The van der Waals surface area contributed by atoms with Gasteiger partial charge in [-0.1, -0.05) is 0 Å². The Hall–Kier alpha value is -3.95. The van der Waals surface area contributed by atoms with Crippen LogP contribution in [0.2, 0.25) is 0 Å². The number of methoxy groups -OCH3 is 2. The van der Waals surface area contributed by atoms with Crippen molar-refractivity contribution >= 4 is 29.3 Å². The maximum Gasteiger partial charge on any atom is 0.331 e. The Labute approximate surface area is 171 Å². The molecule has 0 saturated carbocycles. The SMILES string of the molecule is COc1ccc(OC)c(/C=C/C(=O)O[C@H](C)C(=O)Nc2ccc(F)c([N+](=O)[O-])c2)c1. The molecule has 0 bridgehead atoms. The third-order valence-corrected chi connectivity index (χ3v) is 3.91. The maximum atomic E-state index is 13.4. The molecule has 1 amide bonds. The van der Waals surface area contributed by atoms with Crippen molar-refractivity contribution in [2.75, 3.05) is 19.5 Å². The number of carbonyl (C=O) groups excluding carboxylic acids is 2. The van der Waals surface area contributed by atoms with E-state index in [-0.39, 0.29) is 5.69 Å². The number of rotatable bonds is 8. The number of nitro groups is 1. The smallest absolute Gasteiger partial charge is 0.331 e. The van der Waals surface area contributed by atoms with Crippen molar-refractivity contribution < 1.29 is 33.1 Å². The minimum absolute atomic E-state index is 0.00680. The molecule has 1 atom stereocenters. The largest absolute Gasteiger partial charge is 0.497 e. The van der Waals surface area contributed by atoms with Gasteiger partial charge in [0.1, 0.15) is 11.5 Å². The van der Waals surface area contributed by atoms with E-state index in [9.17, 15) is 24.1 Å². The number of nitrogens with zero attached hydrogens (tertiary/aromatic N) is 1. The molecule has 30 heavy (non-hydrogen) atoms. The molecule has 1 N–H and O–H groups in total. The van der Waals surface area contributed by atoms with Crippen LogP contribution in [0.3, 0.4) is 0 Å². The van der Waals surface area contributed by atoms with E-state index in [0.717, 1.165) is 24.3 Å². The number of ether oxygens (including phenoxy) is 3. The molecule has 2 aromatic rings. The second-order valence-corrected chi connectivity index (χ2v) is 5.93.